The first-order chi connectivity index (χ1) is 56.5. The Balaban J connectivity index is 0.000000246. The van der Waals surface area contributed by atoms with Gasteiger partial charge in [-0.1, -0.05) is 84.9 Å². The number of aliphatic hydroxyl groups excluding tert-OH is 4. The van der Waals surface area contributed by atoms with Crippen molar-refractivity contribution in [1.82, 2.24) is 38.0 Å². The molecule has 33 nitrogen and oxygen atoms in total. The van der Waals surface area contributed by atoms with E-state index in [0.29, 0.717) is 55.1 Å². The van der Waals surface area contributed by atoms with Crippen molar-refractivity contribution in [3.05, 3.63) is 252 Å². The second-order valence-corrected chi connectivity index (χ2v) is 24.6. The topological polar surface area (TPSA) is 478 Å². The normalized spacial score (nSPS) is 12.5. The molecule has 1 aliphatic rings. The molecule has 1 saturated heterocycles. The molecule has 15 N–H and O–H groups in total. The van der Waals surface area contributed by atoms with Crippen LogP contribution < -0.4 is 86.3 Å². The van der Waals surface area contributed by atoms with Gasteiger partial charge in [0.25, 0.3) is 29.5 Å². The van der Waals surface area contributed by atoms with Gasteiger partial charge >= 0.3 is 31.1 Å². The second-order valence-electron chi connectivity index (χ2n) is 24.6. The Morgan fingerprint density at radius 1 is 0.560 bits per heavy atom. The van der Waals surface area contributed by atoms with Crippen LogP contribution >= 0.6 is 0 Å². The Kier molecular flexibility index (Phi) is 37.6. The summed E-state index contributed by atoms with van der Waals surface area (Å²) < 4.78 is 33.6. The van der Waals surface area contributed by atoms with Crippen molar-refractivity contribution in [2.24, 2.45) is 16.0 Å². The summed E-state index contributed by atoms with van der Waals surface area (Å²) in [6, 6.07) is 52.7. The van der Waals surface area contributed by atoms with Gasteiger partial charge < -0.3 is 72.5 Å². The minimum Gasteiger partial charge on any atom is -0.423 e. The minimum atomic E-state index is -1.58. The van der Waals surface area contributed by atoms with Gasteiger partial charge in [0.1, 0.15) is 40.9 Å². The third kappa shape index (κ3) is 27.2. The predicted octanol–water partition coefficient (Wildman–Crippen LogP) is 2.84. The van der Waals surface area contributed by atoms with Gasteiger partial charge in [-0.2, -0.15) is 10.2 Å². The van der Waals surface area contributed by atoms with E-state index in [9.17, 15) is 58.3 Å². The Labute approximate surface area is 669 Å². The smallest absolute Gasteiger partial charge is 0.423 e. The Morgan fingerprint density at radius 2 is 0.957 bits per heavy atom. The summed E-state index contributed by atoms with van der Waals surface area (Å²) in [5, 5.41) is 62.1. The number of hydrogen-bond acceptors (Lipinski definition) is 28. The number of amides is 5. The maximum atomic E-state index is 12.8. The number of anilines is 3. The number of carbonyl (C=O) groups excluding carboxylic acids is 6. The summed E-state index contributed by atoms with van der Waals surface area (Å²) in [4.78, 5) is 112. The van der Waals surface area contributed by atoms with Crippen molar-refractivity contribution >= 4 is 123 Å². The van der Waals surface area contributed by atoms with Crippen LogP contribution in [0.4, 0.5) is 17.1 Å². The summed E-state index contributed by atoms with van der Waals surface area (Å²) in [7, 11) is -2.24. The number of aldehydes is 1. The van der Waals surface area contributed by atoms with E-state index in [1.54, 1.807) is 91.0 Å². The fraction of sp³-hybridized carbons (Fsp3) is 0.247. The van der Waals surface area contributed by atoms with Gasteiger partial charge in [-0.25, -0.2) is 41.9 Å². The molecule has 3 aromatic heterocycles. The highest BCUT2D eigenvalue weighted by Crippen LogP contribution is 2.25. The van der Waals surface area contributed by atoms with E-state index in [1.807, 2.05) is 92.1 Å². The molecule has 10 aromatic rings. The molecule has 0 radical (unpaired) electrons. The van der Waals surface area contributed by atoms with Crippen molar-refractivity contribution in [3.63, 3.8) is 0 Å². The summed E-state index contributed by atoms with van der Waals surface area (Å²) in [5.41, 5.74) is 21.9. The lowest BCUT2D eigenvalue weighted by Crippen LogP contribution is -2.44. The van der Waals surface area contributed by atoms with E-state index in [0.717, 1.165) is 67.4 Å². The number of aliphatic hydroxyl groups is 4. The van der Waals surface area contributed by atoms with E-state index in [4.69, 9.17) is 45.1 Å². The minimum absolute atomic E-state index is 0.0472. The number of rotatable bonds is 29. The molecular formula is C81H93B2N13O20. The zero-order valence-corrected chi connectivity index (χ0v) is 64.5. The fourth-order valence-corrected chi connectivity index (χ4v) is 11.0. The highest BCUT2D eigenvalue weighted by Gasteiger charge is 2.34. The highest BCUT2D eigenvalue weighted by atomic mass is 16.6. The molecule has 0 bridgehead atoms. The van der Waals surface area contributed by atoms with Crippen LogP contribution in [0.25, 0.3) is 32.9 Å². The first kappa shape index (κ1) is 90.4. The Hall–Kier alpha value is -12.8. The SMILES string of the molecule is CCN(CC)c1ccc2cc(C(=O)NN)c(=O)oc2c1.CCN(CC)c1ccc2cc(C(=O)NNCC(O)CO)c(=O)oc2c1.CCN(CC)c1ccc2cc(C(=O)NNCC3COB(c4ccccc4/C=N/NC(=O)c4ccccc4)O3)c(=O)oc2c1.O=C(N/N=C/c1ccccc1B(O)O)c1ccccc1.O=CC(O)CO.[2H]C#C. The van der Waals surface area contributed by atoms with E-state index >= 15 is 0 Å². The van der Waals surface area contributed by atoms with Crippen molar-refractivity contribution in [3.8, 4) is 12.8 Å². The molecule has 5 amide bonds. The van der Waals surface area contributed by atoms with Crippen molar-refractivity contribution in [2.75, 3.05) is 86.9 Å². The number of nitrogens with zero attached hydrogens (tertiary/aromatic N) is 5. The number of fused-ring (bicyclic) bond motifs is 3. The van der Waals surface area contributed by atoms with E-state index in [1.165, 1.54) is 37.0 Å². The molecule has 7 aromatic carbocycles. The van der Waals surface area contributed by atoms with Gasteiger partial charge in [-0.15, -0.1) is 12.8 Å². The molecule has 35 heteroatoms. The summed E-state index contributed by atoms with van der Waals surface area (Å²) in [5.74, 6) is 2.44. The van der Waals surface area contributed by atoms with E-state index in [-0.39, 0.29) is 60.6 Å². The van der Waals surface area contributed by atoms with Crippen molar-refractivity contribution in [2.45, 2.75) is 59.9 Å². The number of terminal acetylenes is 1. The molecule has 0 saturated carbocycles. The average molecular weight is 1590 g/mol. The predicted molar refractivity (Wildman–Crippen MR) is 445 cm³/mol. The molecular weight excluding hydrogens is 1500 g/mol. The van der Waals surface area contributed by atoms with Crippen LogP contribution in [0.5, 0.6) is 0 Å². The van der Waals surface area contributed by atoms with E-state index in [2.05, 4.69) is 91.6 Å². The van der Waals surface area contributed by atoms with Gasteiger partial charge in [-0.3, -0.25) is 40.3 Å². The molecule has 3 unspecified atom stereocenters. The Morgan fingerprint density at radius 3 is 1.35 bits per heavy atom. The number of nitrogens with two attached hydrogens (primary N) is 1. The molecule has 608 valence electrons. The molecule has 1 aliphatic heterocycles. The number of carbonyl (C=O) groups is 6. The number of nitrogens with one attached hydrogen (secondary N) is 7. The maximum absolute atomic E-state index is 12.8. The molecule has 11 rings (SSSR count). The molecule has 1 fully saturated rings. The zero-order chi connectivity index (χ0) is 85.3. The Bertz CT molecular complexity index is 5200. The number of hydrogen-bond donors (Lipinski definition) is 14. The number of benzene rings is 7. The summed E-state index contributed by atoms with van der Waals surface area (Å²) in [6.45, 7) is 16.9. The van der Waals surface area contributed by atoms with Crippen LogP contribution in [0, 0.1) is 12.8 Å². The number of nitrogen functional groups attached to an aromatic ring is 1. The van der Waals surface area contributed by atoms with Gasteiger partial charge in [0, 0.05) is 115 Å². The second kappa shape index (κ2) is 48.3. The zero-order valence-electron chi connectivity index (χ0n) is 65.5. The van der Waals surface area contributed by atoms with Crippen LogP contribution in [-0.4, -0.2) is 183 Å². The first-order valence-electron chi connectivity index (χ1n) is 37.0. The van der Waals surface area contributed by atoms with Gasteiger partial charge in [0.05, 0.1) is 44.5 Å². The number of hydrazone groups is 2. The average Bonchev–Trinajstić information content (AvgIpc) is 1.48. The third-order valence-corrected chi connectivity index (χ3v) is 17.1. The highest BCUT2D eigenvalue weighted by molar-refractivity contribution is 6.63. The van der Waals surface area contributed by atoms with Crippen LogP contribution in [0.1, 0.15) is 106 Å². The lowest BCUT2D eigenvalue weighted by molar-refractivity contribution is -0.116. The fourth-order valence-electron chi connectivity index (χ4n) is 11.0. The largest absolute Gasteiger partial charge is 0.494 e. The summed E-state index contributed by atoms with van der Waals surface area (Å²) >= 11 is 0. The molecule has 3 atom stereocenters. The van der Waals surface area contributed by atoms with Crippen LogP contribution in [0.15, 0.2) is 220 Å². The monoisotopic (exact) mass is 1590 g/mol. The van der Waals surface area contributed by atoms with Crippen molar-refractivity contribution < 1.29 is 83.2 Å². The molecule has 4 heterocycles. The quantitative estimate of drug-likeness (QED) is 0.00468. The molecule has 0 spiro atoms. The number of hydrazine groups is 3. The summed E-state index contributed by atoms with van der Waals surface area (Å²) in [6.07, 6.45) is 6.38. The van der Waals surface area contributed by atoms with E-state index < -0.39 is 74.3 Å². The third-order valence-electron chi connectivity index (χ3n) is 17.1. The molecule has 0 aliphatic carbocycles. The van der Waals surface area contributed by atoms with Gasteiger partial charge in [-0.05, 0) is 142 Å². The van der Waals surface area contributed by atoms with Crippen LogP contribution in [-0.2, 0) is 14.1 Å². The van der Waals surface area contributed by atoms with Crippen molar-refractivity contribution in [1.29, 1.82) is 0 Å². The van der Waals surface area contributed by atoms with Gasteiger partial charge in [0.2, 0.25) is 0 Å². The van der Waals surface area contributed by atoms with Crippen LogP contribution in [0.3, 0.4) is 0 Å². The molecule has 116 heavy (non-hydrogen) atoms. The van der Waals surface area contributed by atoms with Gasteiger partial charge in [0.15, 0.2) is 6.29 Å². The standard InChI is InChI=1S/C31H32BN5O6.C17H23N3O5.C14H13BN2O3.C14H17N3O3.C3H6O3.C2H2/c1-3-37(4-2)24-15-14-22-16-26(31(40)42-28(22)17-24)30(39)36-34-19-25-20-41-32(43-25)27-13-9-8-12-23(27)18-33-35-29(38)21-10-6-5-7-11-21;1-3-20(4-2)12-6-5-11-7-14(17(24)25-15(11)8-12)16(23)19-18-9-13(22)10-21;18-14(11-6-2-1-3-7-11)17-16-10-12-8-4-5-9-13(12)15(19)20;1-3-17(4-2)10-6-5-9-7-11(13(18)16-15)14(19)20-12(9)8-10;4-1-3(6)2-5;1-2/h5-18,25,34H,3-4,19-20H2,1-2H3,(H,35,38)(H,36,39);5-8,13,18,21-22H,3-4,9-10H2,1-2H3,(H,19,23);1-10,19-20H,(H,17,18);5-8H,3-4,15H2,1-2H3,(H,16,18);1,3,5-6H,2H2;1-2H/b33-18+;;16-10+;;;/i;;;;;1D. The van der Waals surface area contributed by atoms with Crippen LogP contribution in [0.2, 0.25) is 0 Å². The maximum Gasteiger partial charge on any atom is 0.494 e. The first-order valence-corrected chi connectivity index (χ1v) is 36.5. The lowest BCUT2D eigenvalue weighted by Gasteiger charge is -2.21. The lowest BCUT2D eigenvalue weighted by atomic mass is 9.76.